The molecule has 2 aromatic rings. The monoisotopic (exact) mass is 403 g/mol. The van der Waals surface area contributed by atoms with Crippen molar-refractivity contribution in [2.24, 2.45) is 0 Å². The number of hydrogen-bond donors (Lipinski definition) is 0. The van der Waals surface area contributed by atoms with Crippen LogP contribution in [0.2, 0.25) is 5.02 Å². The Morgan fingerprint density at radius 2 is 1.95 bits per heavy atom. The molecule has 0 atom stereocenters. The molecule has 0 bridgehead atoms. The number of aromatic nitrogens is 1. The van der Waals surface area contributed by atoms with Crippen molar-refractivity contribution in [3.63, 3.8) is 0 Å². The molecule has 0 amide bonds. The average molecular weight is 406 g/mol. The fraction of sp³-hybridized carbons (Fsp3) is 0.214. The number of rotatable bonds is 3. The van der Waals surface area contributed by atoms with Gasteiger partial charge < -0.3 is 4.74 Å². The fourth-order valence-corrected chi connectivity index (χ4v) is 2.74. The van der Waals surface area contributed by atoms with E-state index in [1.807, 2.05) is 12.1 Å². The van der Waals surface area contributed by atoms with Crippen LogP contribution in [-0.2, 0) is 0 Å². The highest BCUT2D eigenvalue weighted by atomic mass is 79.9. The molecular formula is C14H12Br2ClNO. The van der Waals surface area contributed by atoms with Crippen molar-refractivity contribution in [3.05, 3.63) is 50.0 Å². The van der Waals surface area contributed by atoms with Gasteiger partial charge in [-0.3, -0.25) is 0 Å². The van der Waals surface area contributed by atoms with Crippen LogP contribution in [0.15, 0.2) is 39.4 Å². The molecule has 19 heavy (non-hydrogen) atoms. The van der Waals surface area contributed by atoms with Gasteiger partial charge in [-0.25, -0.2) is 4.98 Å². The second kappa shape index (κ2) is 6.25. The van der Waals surface area contributed by atoms with E-state index in [-0.39, 0.29) is 0 Å². The molecule has 0 spiro atoms. The molecule has 0 aliphatic heterocycles. The van der Waals surface area contributed by atoms with Gasteiger partial charge in [-0.2, -0.15) is 0 Å². The van der Waals surface area contributed by atoms with E-state index in [0.717, 1.165) is 20.3 Å². The molecule has 2 nitrogen and oxygen atoms in total. The van der Waals surface area contributed by atoms with Crippen molar-refractivity contribution in [2.75, 3.05) is 0 Å². The number of nitrogens with zero attached hydrogens (tertiary/aromatic N) is 1. The molecule has 0 N–H and O–H groups in total. The topological polar surface area (TPSA) is 22.1 Å². The summed E-state index contributed by atoms with van der Waals surface area (Å²) in [5.74, 6) is 1.67. The summed E-state index contributed by atoms with van der Waals surface area (Å²) in [5.41, 5.74) is 1.12. The molecule has 0 aliphatic rings. The lowest BCUT2D eigenvalue weighted by Gasteiger charge is -2.14. The van der Waals surface area contributed by atoms with Gasteiger partial charge in [0.15, 0.2) is 0 Å². The summed E-state index contributed by atoms with van der Waals surface area (Å²) < 4.78 is 7.64. The zero-order valence-corrected chi connectivity index (χ0v) is 14.4. The number of ether oxygens (including phenoxy) is 1. The Balaban J connectivity index is 2.38. The first-order chi connectivity index (χ1) is 8.97. The standard InChI is InChI=1S/C14H12Br2ClNO/c1-8(2)11-5-9(15)3-4-13(11)19-14-12(16)6-10(17)7-18-14/h3-8H,1-2H3. The summed E-state index contributed by atoms with van der Waals surface area (Å²) in [6, 6.07) is 7.70. The molecule has 2 rings (SSSR count). The predicted octanol–water partition coefficient (Wildman–Crippen LogP) is 6.18. The van der Waals surface area contributed by atoms with Crippen LogP contribution in [0.4, 0.5) is 0 Å². The Morgan fingerprint density at radius 3 is 2.58 bits per heavy atom. The van der Waals surface area contributed by atoms with Gasteiger partial charge in [0.25, 0.3) is 0 Å². The van der Waals surface area contributed by atoms with Crippen LogP contribution in [-0.4, -0.2) is 4.98 Å². The van der Waals surface area contributed by atoms with Crippen LogP contribution < -0.4 is 4.74 Å². The van der Waals surface area contributed by atoms with E-state index in [1.54, 1.807) is 12.3 Å². The lowest BCUT2D eigenvalue weighted by atomic mass is 10.0. The van der Waals surface area contributed by atoms with Gasteiger partial charge in [-0.15, -0.1) is 0 Å². The minimum Gasteiger partial charge on any atom is -0.438 e. The maximum absolute atomic E-state index is 5.87. The van der Waals surface area contributed by atoms with Crippen LogP contribution in [0.25, 0.3) is 0 Å². The highest BCUT2D eigenvalue weighted by Crippen LogP contribution is 2.35. The maximum atomic E-state index is 5.87. The van der Waals surface area contributed by atoms with Crippen molar-refractivity contribution in [1.82, 2.24) is 4.98 Å². The normalized spacial score (nSPS) is 10.8. The van der Waals surface area contributed by atoms with Crippen molar-refractivity contribution >= 4 is 43.5 Å². The first kappa shape index (κ1) is 14.8. The van der Waals surface area contributed by atoms with Crippen molar-refractivity contribution in [1.29, 1.82) is 0 Å². The number of benzene rings is 1. The summed E-state index contributed by atoms with van der Waals surface area (Å²) in [6.07, 6.45) is 1.57. The van der Waals surface area contributed by atoms with Crippen LogP contribution >= 0.6 is 43.5 Å². The average Bonchev–Trinajstić information content (AvgIpc) is 2.34. The van der Waals surface area contributed by atoms with Crippen LogP contribution in [0, 0.1) is 0 Å². The lowest BCUT2D eigenvalue weighted by molar-refractivity contribution is 0.451. The summed E-state index contributed by atoms with van der Waals surface area (Å²) in [5, 5.41) is 0.569. The Morgan fingerprint density at radius 1 is 1.21 bits per heavy atom. The number of pyridine rings is 1. The van der Waals surface area contributed by atoms with E-state index in [2.05, 4.69) is 56.8 Å². The first-order valence-corrected chi connectivity index (χ1v) is 7.72. The lowest BCUT2D eigenvalue weighted by Crippen LogP contribution is -1.96. The van der Waals surface area contributed by atoms with Gasteiger partial charge in [-0.05, 0) is 51.7 Å². The minimum absolute atomic E-state index is 0.360. The van der Waals surface area contributed by atoms with Gasteiger partial charge >= 0.3 is 0 Å². The molecular weight excluding hydrogens is 393 g/mol. The van der Waals surface area contributed by atoms with Crippen molar-refractivity contribution in [3.8, 4) is 11.6 Å². The molecule has 100 valence electrons. The largest absolute Gasteiger partial charge is 0.438 e. The second-order valence-electron chi connectivity index (χ2n) is 4.38. The summed E-state index contributed by atoms with van der Waals surface area (Å²) >= 11 is 12.7. The highest BCUT2D eigenvalue weighted by molar-refractivity contribution is 9.10. The SMILES string of the molecule is CC(C)c1cc(Br)ccc1Oc1ncc(Cl)cc1Br. The number of halogens is 3. The predicted molar refractivity (Wildman–Crippen MR) is 85.3 cm³/mol. The fourth-order valence-electron chi connectivity index (χ4n) is 1.64. The van der Waals surface area contributed by atoms with E-state index < -0.39 is 0 Å². The van der Waals surface area contributed by atoms with Crippen LogP contribution in [0.1, 0.15) is 25.3 Å². The van der Waals surface area contributed by atoms with Crippen molar-refractivity contribution < 1.29 is 4.74 Å². The molecule has 1 heterocycles. The van der Waals surface area contributed by atoms with Gasteiger partial charge in [0.1, 0.15) is 5.75 Å². The molecule has 5 heteroatoms. The second-order valence-corrected chi connectivity index (χ2v) is 6.59. The molecule has 0 fully saturated rings. The molecule has 0 unspecified atom stereocenters. The van der Waals surface area contributed by atoms with Crippen LogP contribution in [0.5, 0.6) is 11.6 Å². The van der Waals surface area contributed by atoms with E-state index >= 15 is 0 Å². The maximum Gasteiger partial charge on any atom is 0.233 e. The highest BCUT2D eigenvalue weighted by Gasteiger charge is 2.12. The number of hydrogen-bond acceptors (Lipinski definition) is 2. The van der Waals surface area contributed by atoms with Gasteiger partial charge in [0.2, 0.25) is 5.88 Å². The molecule has 1 aromatic heterocycles. The summed E-state index contributed by atoms with van der Waals surface area (Å²) in [6.45, 7) is 4.25. The minimum atomic E-state index is 0.360. The van der Waals surface area contributed by atoms with Gasteiger partial charge in [0.05, 0.1) is 9.50 Å². The Labute approximate surface area is 134 Å². The first-order valence-electron chi connectivity index (χ1n) is 5.75. The van der Waals surface area contributed by atoms with E-state index in [4.69, 9.17) is 16.3 Å². The molecule has 1 aromatic carbocycles. The van der Waals surface area contributed by atoms with Crippen LogP contribution in [0.3, 0.4) is 0 Å². The van der Waals surface area contributed by atoms with Crippen molar-refractivity contribution in [2.45, 2.75) is 19.8 Å². The molecule has 0 saturated carbocycles. The third-order valence-corrected chi connectivity index (χ3v) is 3.84. The third kappa shape index (κ3) is 3.71. The zero-order chi connectivity index (χ0) is 14.0. The Bertz CT molecular complexity index is 602. The van der Waals surface area contributed by atoms with E-state index in [1.165, 1.54) is 0 Å². The Hall–Kier alpha value is -0.580. The van der Waals surface area contributed by atoms with Gasteiger partial charge in [0, 0.05) is 10.7 Å². The molecule has 0 radical (unpaired) electrons. The summed E-state index contributed by atoms with van der Waals surface area (Å²) in [4.78, 5) is 4.18. The van der Waals surface area contributed by atoms with E-state index in [9.17, 15) is 0 Å². The summed E-state index contributed by atoms with van der Waals surface area (Å²) in [7, 11) is 0. The third-order valence-electron chi connectivity index (χ3n) is 2.57. The molecule has 0 saturated heterocycles. The van der Waals surface area contributed by atoms with E-state index in [0.29, 0.717) is 16.8 Å². The quantitative estimate of drug-likeness (QED) is 0.609. The zero-order valence-electron chi connectivity index (χ0n) is 10.5. The van der Waals surface area contributed by atoms with Gasteiger partial charge in [-0.1, -0.05) is 41.4 Å². The Kier molecular flexibility index (Phi) is 4.87. The molecule has 0 aliphatic carbocycles. The smallest absolute Gasteiger partial charge is 0.233 e.